The lowest BCUT2D eigenvalue weighted by Gasteiger charge is -2.26. The van der Waals surface area contributed by atoms with Crippen LogP contribution >= 0.6 is 11.6 Å². The number of carbonyl (C=O) groups is 2. The van der Waals surface area contributed by atoms with Crippen LogP contribution in [0.2, 0.25) is 5.02 Å². The SMILES string of the molecule is CCOc1cccc([C@@H]2C(=C(O)c3cc(Cl)ccc3O)C(=O)C(=O)N2CCCN(C)C)c1. The average Bonchev–Trinajstić information content (AvgIpc) is 3.00. The Bertz CT molecular complexity index is 1050. The molecular formula is C24H27ClN2O5. The van der Waals surface area contributed by atoms with Crippen LogP contribution in [0.3, 0.4) is 0 Å². The summed E-state index contributed by atoms with van der Waals surface area (Å²) in [6.45, 7) is 3.37. The smallest absolute Gasteiger partial charge is 0.295 e. The first kappa shape index (κ1) is 23.6. The fourth-order valence-corrected chi connectivity index (χ4v) is 3.97. The Morgan fingerprint density at radius 1 is 1.19 bits per heavy atom. The molecule has 170 valence electrons. The van der Waals surface area contributed by atoms with Gasteiger partial charge in [-0.05, 0) is 69.9 Å². The van der Waals surface area contributed by atoms with Crippen LogP contribution in [0.4, 0.5) is 0 Å². The molecule has 7 nitrogen and oxygen atoms in total. The van der Waals surface area contributed by atoms with E-state index in [1.54, 1.807) is 24.3 Å². The van der Waals surface area contributed by atoms with E-state index < -0.39 is 23.5 Å². The van der Waals surface area contributed by atoms with Gasteiger partial charge in [-0.2, -0.15) is 0 Å². The zero-order valence-electron chi connectivity index (χ0n) is 18.3. The van der Waals surface area contributed by atoms with E-state index in [4.69, 9.17) is 16.3 Å². The quantitative estimate of drug-likeness (QED) is 0.355. The van der Waals surface area contributed by atoms with Crippen LogP contribution in [-0.4, -0.2) is 65.5 Å². The molecule has 3 rings (SSSR count). The molecule has 1 heterocycles. The third-order valence-electron chi connectivity index (χ3n) is 5.24. The molecule has 0 bridgehead atoms. The maximum atomic E-state index is 13.1. The summed E-state index contributed by atoms with van der Waals surface area (Å²) in [6, 6.07) is 10.4. The molecule has 8 heteroatoms. The molecule has 1 aliphatic heterocycles. The van der Waals surface area contributed by atoms with Crippen molar-refractivity contribution in [2.45, 2.75) is 19.4 Å². The molecule has 0 aliphatic carbocycles. The lowest BCUT2D eigenvalue weighted by Crippen LogP contribution is -2.32. The van der Waals surface area contributed by atoms with E-state index in [0.717, 1.165) is 6.54 Å². The topological polar surface area (TPSA) is 90.3 Å². The number of aliphatic hydroxyl groups excluding tert-OH is 1. The van der Waals surface area contributed by atoms with Gasteiger partial charge in [0.2, 0.25) is 0 Å². The maximum absolute atomic E-state index is 13.1. The maximum Gasteiger partial charge on any atom is 0.295 e. The summed E-state index contributed by atoms with van der Waals surface area (Å²) >= 11 is 6.04. The number of aromatic hydroxyl groups is 1. The number of nitrogens with zero attached hydrogens (tertiary/aromatic N) is 2. The van der Waals surface area contributed by atoms with Crippen LogP contribution in [0.1, 0.15) is 30.5 Å². The monoisotopic (exact) mass is 458 g/mol. The third kappa shape index (κ3) is 4.89. The van der Waals surface area contributed by atoms with E-state index in [1.165, 1.54) is 23.1 Å². The minimum absolute atomic E-state index is 0.00486. The minimum atomic E-state index is -0.823. The van der Waals surface area contributed by atoms with Crippen molar-refractivity contribution in [1.82, 2.24) is 9.80 Å². The molecule has 1 saturated heterocycles. The summed E-state index contributed by atoms with van der Waals surface area (Å²) in [5.41, 5.74) is 0.531. The van der Waals surface area contributed by atoms with Gasteiger partial charge in [0.1, 0.15) is 17.3 Å². The van der Waals surface area contributed by atoms with E-state index in [9.17, 15) is 19.8 Å². The summed E-state index contributed by atoms with van der Waals surface area (Å²) in [4.78, 5) is 29.5. The van der Waals surface area contributed by atoms with Crippen molar-refractivity contribution in [1.29, 1.82) is 0 Å². The van der Waals surface area contributed by atoms with Crippen molar-refractivity contribution in [3.63, 3.8) is 0 Å². The van der Waals surface area contributed by atoms with Gasteiger partial charge in [-0.15, -0.1) is 0 Å². The van der Waals surface area contributed by atoms with Crippen molar-refractivity contribution < 1.29 is 24.5 Å². The largest absolute Gasteiger partial charge is 0.507 e. The van der Waals surface area contributed by atoms with Crippen molar-refractivity contribution in [3.8, 4) is 11.5 Å². The highest BCUT2D eigenvalue weighted by molar-refractivity contribution is 6.46. The van der Waals surface area contributed by atoms with Crippen LogP contribution in [-0.2, 0) is 9.59 Å². The van der Waals surface area contributed by atoms with Crippen LogP contribution in [0, 0.1) is 0 Å². The van der Waals surface area contributed by atoms with E-state index >= 15 is 0 Å². The fourth-order valence-electron chi connectivity index (χ4n) is 3.80. The molecule has 1 fully saturated rings. The second-order valence-electron chi connectivity index (χ2n) is 7.82. The highest BCUT2D eigenvalue weighted by Crippen LogP contribution is 2.41. The number of halogens is 1. The van der Waals surface area contributed by atoms with Gasteiger partial charge in [0, 0.05) is 11.6 Å². The number of hydrogen-bond acceptors (Lipinski definition) is 6. The van der Waals surface area contributed by atoms with Gasteiger partial charge < -0.3 is 24.7 Å². The Labute approximate surface area is 192 Å². The van der Waals surface area contributed by atoms with Gasteiger partial charge in [0.05, 0.1) is 23.8 Å². The number of likely N-dealkylation sites (tertiary alicyclic amines) is 1. The minimum Gasteiger partial charge on any atom is -0.507 e. The molecule has 2 aromatic rings. The van der Waals surface area contributed by atoms with Gasteiger partial charge in [-0.1, -0.05) is 23.7 Å². The lowest BCUT2D eigenvalue weighted by molar-refractivity contribution is -0.139. The van der Waals surface area contributed by atoms with E-state index in [2.05, 4.69) is 0 Å². The number of aliphatic hydroxyl groups is 1. The number of carbonyl (C=O) groups excluding carboxylic acids is 2. The summed E-state index contributed by atoms with van der Waals surface area (Å²) in [7, 11) is 3.86. The summed E-state index contributed by atoms with van der Waals surface area (Å²) in [5.74, 6) is -1.62. The molecule has 0 unspecified atom stereocenters. The van der Waals surface area contributed by atoms with Gasteiger partial charge in [-0.3, -0.25) is 9.59 Å². The third-order valence-corrected chi connectivity index (χ3v) is 5.48. The standard InChI is InChI=1S/C24H27ClN2O5/c1-4-32-17-8-5-7-15(13-17)21-20(22(29)18-14-16(25)9-10-19(18)28)23(30)24(31)27(21)12-6-11-26(2)3/h5,7-10,13-14,21,28-29H,4,6,11-12H2,1-3H3/t21-/m1/s1. The van der Waals surface area contributed by atoms with Crippen molar-refractivity contribution in [2.24, 2.45) is 0 Å². The molecule has 0 saturated carbocycles. The molecule has 0 radical (unpaired) electrons. The van der Waals surface area contributed by atoms with E-state index in [1.807, 2.05) is 25.9 Å². The number of ether oxygens (including phenoxy) is 1. The Morgan fingerprint density at radius 3 is 2.62 bits per heavy atom. The predicted octanol–water partition coefficient (Wildman–Crippen LogP) is 3.82. The number of phenols is 1. The van der Waals surface area contributed by atoms with Gasteiger partial charge in [-0.25, -0.2) is 0 Å². The van der Waals surface area contributed by atoms with E-state index in [0.29, 0.717) is 30.9 Å². The van der Waals surface area contributed by atoms with Crippen LogP contribution in [0.5, 0.6) is 11.5 Å². The van der Waals surface area contributed by atoms with Crippen LogP contribution in [0.25, 0.3) is 5.76 Å². The predicted molar refractivity (Wildman–Crippen MR) is 123 cm³/mol. The first-order valence-electron chi connectivity index (χ1n) is 10.4. The molecular weight excluding hydrogens is 432 g/mol. The van der Waals surface area contributed by atoms with Crippen LogP contribution in [0.15, 0.2) is 48.0 Å². The Morgan fingerprint density at radius 2 is 1.94 bits per heavy atom. The van der Waals surface area contributed by atoms with Crippen molar-refractivity contribution in [2.75, 3.05) is 33.8 Å². The first-order valence-corrected chi connectivity index (χ1v) is 10.8. The zero-order valence-corrected chi connectivity index (χ0v) is 19.1. The van der Waals surface area contributed by atoms with Crippen LogP contribution < -0.4 is 4.74 Å². The van der Waals surface area contributed by atoms with Crippen molar-refractivity contribution >= 4 is 29.1 Å². The number of Topliss-reactive ketones (excluding diaryl/α,β-unsaturated/α-hetero) is 1. The number of rotatable bonds is 8. The molecule has 1 atom stereocenters. The molecule has 1 amide bonds. The highest BCUT2D eigenvalue weighted by atomic mass is 35.5. The van der Waals surface area contributed by atoms with Crippen molar-refractivity contribution in [3.05, 3.63) is 64.2 Å². The molecule has 0 spiro atoms. The normalized spacial score (nSPS) is 17.9. The summed E-state index contributed by atoms with van der Waals surface area (Å²) in [5, 5.41) is 21.6. The number of phenolic OH excluding ortho intramolecular Hbond substituents is 1. The molecule has 2 N–H and O–H groups in total. The summed E-state index contributed by atoms with van der Waals surface area (Å²) in [6.07, 6.45) is 0.643. The first-order chi connectivity index (χ1) is 15.2. The Hall–Kier alpha value is -3.03. The van der Waals surface area contributed by atoms with Gasteiger partial charge >= 0.3 is 0 Å². The Kier molecular flexibility index (Phi) is 7.43. The molecule has 2 aromatic carbocycles. The molecule has 1 aliphatic rings. The number of ketones is 1. The average molecular weight is 459 g/mol. The second kappa shape index (κ2) is 10.1. The number of benzene rings is 2. The number of hydrogen-bond donors (Lipinski definition) is 2. The lowest BCUT2D eigenvalue weighted by atomic mass is 9.95. The molecule has 32 heavy (non-hydrogen) atoms. The van der Waals surface area contributed by atoms with Gasteiger partial charge in [0.25, 0.3) is 11.7 Å². The highest BCUT2D eigenvalue weighted by Gasteiger charge is 2.46. The summed E-state index contributed by atoms with van der Waals surface area (Å²) < 4.78 is 5.59. The van der Waals surface area contributed by atoms with Gasteiger partial charge in [0.15, 0.2) is 0 Å². The number of amides is 1. The van der Waals surface area contributed by atoms with E-state index in [-0.39, 0.29) is 21.9 Å². The fraction of sp³-hybridized carbons (Fsp3) is 0.333. The molecule has 0 aromatic heterocycles. The zero-order chi connectivity index (χ0) is 23.4. The Balaban J connectivity index is 2.15. The second-order valence-corrected chi connectivity index (χ2v) is 8.25.